The summed E-state index contributed by atoms with van der Waals surface area (Å²) in [6.45, 7) is 8.21. The van der Waals surface area contributed by atoms with Gasteiger partial charge in [-0.05, 0) is 170 Å². The summed E-state index contributed by atoms with van der Waals surface area (Å²) in [5, 5.41) is 67.9. The van der Waals surface area contributed by atoms with Crippen LogP contribution < -0.4 is 10.2 Å². The first kappa shape index (κ1) is 50.2. The van der Waals surface area contributed by atoms with Crippen LogP contribution in [0.1, 0.15) is 130 Å². The molecule has 8 rings (SSSR count). The molecular formula is C48H66CaO14. The van der Waals surface area contributed by atoms with Crippen LogP contribution in [0.25, 0.3) is 0 Å². The predicted molar refractivity (Wildman–Crippen MR) is 222 cm³/mol. The number of hydrogen-bond donors (Lipinski definition) is 4. The van der Waals surface area contributed by atoms with Crippen molar-refractivity contribution < 1.29 is 68.9 Å². The van der Waals surface area contributed by atoms with E-state index in [1.165, 1.54) is 14.2 Å². The summed E-state index contributed by atoms with van der Waals surface area (Å²) in [5.41, 5.74) is -2.87. The number of aliphatic hydroxyl groups excluding tert-OH is 2. The van der Waals surface area contributed by atoms with Crippen LogP contribution in [0.4, 0.5) is 0 Å². The third-order valence-corrected chi connectivity index (χ3v) is 19.3. The molecular weight excluding hydrogens is 841 g/mol. The number of fused-ring (bicyclic) bond motifs is 10. The minimum absolute atomic E-state index is 0. The molecule has 0 aromatic carbocycles. The fourth-order valence-corrected chi connectivity index (χ4v) is 15.7. The second kappa shape index (κ2) is 17.8. The Morgan fingerprint density at radius 3 is 1.25 bits per heavy atom. The fraction of sp³-hybridized carbons (Fsp3) is 0.792. The van der Waals surface area contributed by atoms with Crippen molar-refractivity contribution in [2.24, 2.45) is 69.0 Å². The number of esters is 2. The number of methoxy groups -OCH3 is 2. The maximum atomic E-state index is 12.9. The average molecular weight is 907 g/mol. The first-order valence-electron chi connectivity index (χ1n) is 22.8. The van der Waals surface area contributed by atoms with Crippen molar-refractivity contribution in [2.75, 3.05) is 14.2 Å². The van der Waals surface area contributed by atoms with Gasteiger partial charge in [-0.1, -0.05) is 27.7 Å². The monoisotopic (exact) mass is 906 g/mol. The fourth-order valence-electron chi connectivity index (χ4n) is 15.7. The van der Waals surface area contributed by atoms with E-state index in [9.17, 15) is 59.4 Å². The van der Waals surface area contributed by atoms with Gasteiger partial charge < -0.3 is 49.7 Å². The molecule has 0 heterocycles. The van der Waals surface area contributed by atoms with E-state index < -0.39 is 70.0 Å². The Labute approximate surface area is 400 Å². The Balaban J connectivity index is 0.000000206. The molecule has 0 aromatic heterocycles. The number of ketones is 2. The maximum Gasteiger partial charge on any atom is 2.00 e. The number of hydrogen-bond acceptors (Lipinski definition) is 14. The summed E-state index contributed by atoms with van der Waals surface area (Å²) in [5.74, 6) is -5.30. The summed E-state index contributed by atoms with van der Waals surface area (Å²) in [6, 6.07) is 0. The molecule has 0 aromatic rings. The minimum Gasteiger partial charge on any atom is -0.550 e. The third-order valence-electron chi connectivity index (χ3n) is 19.3. The van der Waals surface area contributed by atoms with Gasteiger partial charge in [0.15, 0.2) is 11.6 Å². The van der Waals surface area contributed by atoms with E-state index in [1.54, 1.807) is 12.2 Å². The molecule has 344 valence electrons. The molecule has 15 heteroatoms. The van der Waals surface area contributed by atoms with Gasteiger partial charge in [0.05, 0.1) is 49.5 Å². The van der Waals surface area contributed by atoms with Crippen molar-refractivity contribution in [1.29, 1.82) is 0 Å². The van der Waals surface area contributed by atoms with Crippen molar-refractivity contribution in [3.63, 3.8) is 0 Å². The van der Waals surface area contributed by atoms with Gasteiger partial charge in [-0.25, -0.2) is 0 Å². The zero-order valence-electron chi connectivity index (χ0n) is 37.8. The van der Waals surface area contributed by atoms with Gasteiger partial charge >= 0.3 is 49.7 Å². The number of carbonyl (C=O) groups is 6. The Morgan fingerprint density at radius 1 is 0.603 bits per heavy atom. The second-order valence-electron chi connectivity index (χ2n) is 21.3. The summed E-state index contributed by atoms with van der Waals surface area (Å²) in [6.07, 6.45) is 8.03. The predicted octanol–water partition coefficient (Wildman–Crippen LogP) is 1.92. The number of aliphatic carboxylic acids is 2. The zero-order chi connectivity index (χ0) is 45.5. The van der Waals surface area contributed by atoms with Gasteiger partial charge in [-0.3, -0.25) is 19.2 Å². The van der Waals surface area contributed by atoms with E-state index in [0.29, 0.717) is 75.4 Å². The first-order chi connectivity index (χ1) is 29.0. The molecule has 6 fully saturated rings. The van der Waals surface area contributed by atoms with Crippen LogP contribution in [0.2, 0.25) is 0 Å². The summed E-state index contributed by atoms with van der Waals surface area (Å²) >= 11 is 0. The molecule has 0 aliphatic heterocycles. The van der Waals surface area contributed by atoms with Gasteiger partial charge in [0.25, 0.3) is 0 Å². The SMILES string of the molecule is COC(=O)[C@H]1C2C(CC[C@@]3(C)C2CC[C@@]3(O)CCC(=O)[O-])[C@@]2(C)CCC(=O)C=C2[C@@H]1O.COC(=O)[C@H]1C2C(CC[C@@]3(C)C2CC[C@@]3(O)CCC(=O)[O-])[C@@]2(C)CCC(=O)C=C2[C@@H]1O.[Ca+2]. The summed E-state index contributed by atoms with van der Waals surface area (Å²) in [4.78, 5) is 72.4. The van der Waals surface area contributed by atoms with E-state index in [-0.39, 0.29) is 121 Å². The van der Waals surface area contributed by atoms with Crippen LogP contribution in [-0.2, 0) is 38.2 Å². The third kappa shape index (κ3) is 7.82. The molecule has 0 bridgehead atoms. The molecule has 8 aliphatic rings. The molecule has 63 heavy (non-hydrogen) atoms. The molecule has 16 atom stereocenters. The van der Waals surface area contributed by atoms with Crippen molar-refractivity contribution in [2.45, 2.75) is 154 Å². The van der Waals surface area contributed by atoms with Gasteiger partial charge in [-0.2, -0.15) is 0 Å². The Bertz CT molecular complexity index is 1810. The van der Waals surface area contributed by atoms with Crippen LogP contribution >= 0.6 is 0 Å². The number of carbonyl (C=O) groups excluding carboxylic acids is 6. The number of rotatable bonds is 8. The van der Waals surface area contributed by atoms with E-state index in [0.717, 1.165) is 12.8 Å². The Hall–Kier alpha value is -2.20. The van der Waals surface area contributed by atoms with Crippen molar-refractivity contribution in [1.82, 2.24) is 0 Å². The smallest absolute Gasteiger partial charge is 0.550 e. The zero-order valence-corrected chi connectivity index (χ0v) is 40.0. The normalized spacial score (nSPS) is 45.7. The first-order valence-corrected chi connectivity index (χ1v) is 22.8. The molecule has 8 aliphatic carbocycles. The van der Waals surface area contributed by atoms with Gasteiger partial charge in [0, 0.05) is 24.8 Å². The Morgan fingerprint density at radius 2 is 0.937 bits per heavy atom. The van der Waals surface area contributed by atoms with E-state index >= 15 is 0 Å². The molecule has 4 N–H and O–H groups in total. The largest absolute Gasteiger partial charge is 2.00 e. The summed E-state index contributed by atoms with van der Waals surface area (Å²) < 4.78 is 10.2. The van der Waals surface area contributed by atoms with Gasteiger partial charge in [-0.15, -0.1) is 0 Å². The van der Waals surface area contributed by atoms with Gasteiger partial charge in [0.2, 0.25) is 0 Å². The molecule has 0 spiro atoms. The molecule has 6 unspecified atom stereocenters. The average Bonchev–Trinajstić information content (AvgIpc) is 3.66. The van der Waals surface area contributed by atoms with E-state index in [1.807, 2.05) is 13.8 Å². The molecule has 0 radical (unpaired) electrons. The van der Waals surface area contributed by atoms with Crippen LogP contribution in [0, 0.1) is 69.0 Å². The number of carboxylic acids is 2. The number of carboxylic acid groups (broad SMARTS) is 2. The number of aliphatic hydroxyl groups is 4. The van der Waals surface area contributed by atoms with Crippen molar-refractivity contribution >= 4 is 73.2 Å². The quantitative estimate of drug-likeness (QED) is 0.201. The molecule has 0 saturated heterocycles. The number of ether oxygens (including phenoxy) is 2. The summed E-state index contributed by atoms with van der Waals surface area (Å²) in [7, 11) is 2.62. The van der Waals surface area contributed by atoms with E-state index in [2.05, 4.69) is 13.8 Å². The Kier molecular flexibility index (Phi) is 14.2. The van der Waals surface area contributed by atoms with Crippen molar-refractivity contribution in [3.05, 3.63) is 23.3 Å². The standard InChI is InChI=1S/2C24H34O7.Ca/c2*1-22-8-4-13(25)12-16(22)20(28)19(21(29)31-3)18-14(22)5-9-23(2)15(18)6-10-24(23,30)11-7-17(26)27;/h2*12,14-15,18-20,28,30H,4-11H2,1-3H3,(H,26,27);/q;;+2/p-2/t2*14?,15?,18?,19-,20-,22+,23-,24+;/m00./s1. The van der Waals surface area contributed by atoms with E-state index in [4.69, 9.17) is 9.47 Å². The van der Waals surface area contributed by atoms with Crippen LogP contribution in [0.15, 0.2) is 23.3 Å². The van der Waals surface area contributed by atoms with Crippen LogP contribution in [0.5, 0.6) is 0 Å². The molecule has 14 nitrogen and oxygen atoms in total. The minimum atomic E-state index is -1.18. The van der Waals surface area contributed by atoms with Crippen LogP contribution in [-0.4, -0.2) is 131 Å². The second-order valence-corrected chi connectivity index (χ2v) is 21.3. The van der Waals surface area contributed by atoms with Crippen LogP contribution in [0.3, 0.4) is 0 Å². The van der Waals surface area contributed by atoms with Gasteiger partial charge in [0.1, 0.15) is 0 Å². The maximum absolute atomic E-state index is 12.9. The molecule has 0 amide bonds. The topological polar surface area (TPSA) is 248 Å². The van der Waals surface area contributed by atoms with Crippen molar-refractivity contribution in [3.8, 4) is 0 Å². The molecule has 6 saturated carbocycles.